The molecule has 82 heavy (non-hydrogen) atoms. The zero-order valence-electron chi connectivity index (χ0n) is 51.8. The van der Waals surface area contributed by atoms with Gasteiger partial charge in [0.1, 0.15) is 58.9 Å². The fourth-order valence-corrected chi connectivity index (χ4v) is 10.1. The number of aliphatic hydroxyl groups excluding tert-OH is 1. The van der Waals surface area contributed by atoms with Crippen LogP contribution in [0.5, 0.6) is 0 Å². The molecule has 0 saturated carbocycles. The first kappa shape index (κ1) is 71.7. The average molecular weight is 1160 g/mol. The Balaban J connectivity index is 2.30. The molecule has 2 heterocycles. The minimum atomic E-state index is -1.66. The Morgan fingerprint density at radius 1 is 0.524 bits per heavy atom. The first-order valence-corrected chi connectivity index (χ1v) is 29.1. The third-order valence-electron chi connectivity index (χ3n) is 14.7. The van der Waals surface area contributed by atoms with E-state index in [0.717, 1.165) is 0 Å². The van der Waals surface area contributed by atoms with Crippen LogP contribution in [-0.2, 0) is 57.5 Å². The van der Waals surface area contributed by atoms with Crippen molar-refractivity contribution in [3.8, 4) is 0 Å². The fourth-order valence-electron chi connectivity index (χ4n) is 10.1. The Morgan fingerprint density at radius 3 is 1.39 bits per heavy atom. The van der Waals surface area contributed by atoms with Crippen LogP contribution in [-0.4, -0.2) is 170 Å². The Morgan fingerprint density at radius 2 is 0.963 bits per heavy atom. The number of carbonyl (C=O) groups is 12. The summed E-state index contributed by atoms with van der Waals surface area (Å²) in [6.45, 7) is 28.2. The van der Waals surface area contributed by atoms with Gasteiger partial charge in [-0.15, -0.1) is 0 Å². The highest BCUT2D eigenvalue weighted by Crippen LogP contribution is 2.25. The predicted octanol–water partition coefficient (Wildman–Crippen LogP) is 0.290. The number of likely N-dealkylation sites (tertiary alicyclic amines) is 2. The molecule has 0 aromatic carbocycles. The normalized spacial score (nSPS) is 18.3. The third-order valence-corrected chi connectivity index (χ3v) is 14.7. The number of carbonyl (C=O) groups excluding carboxylic acids is 12. The molecule has 2 fully saturated rings. The summed E-state index contributed by atoms with van der Waals surface area (Å²) < 4.78 is 0. The Labute approximate surface area is 485 Å². The van der Waals surface area contributed by atoms with Gasteiger partial charge in [0.25, 0.3) is 0 Å². The number of nitrogens with two attached hydrogens (primary N) is 1. The summed E-state index contributed by atoms with van der Waals surface area (Å²) in [5, 5.41) is 34.1. The summed E-state index contributed by atoms with van der Waals surface area (Å²) >= 11 is 0. The molecule has 9 atom stereocenters. The van der Waals surface area contributed by atoms with E-state index in [9.17, 15) is 62.6 Å². The van der Waals surface area contributed by atoms with Gasteiger partial charge in [-0.3, -0.25) is 57.5 Å². The Bertz CT molecular complexity index is 2300. The zero-order valence-corrected chi connectivity index (χ0v) is 51.8. The van der Waals surface area contributed by atoms with Crippen molar-refractivity contribution >= 4 is 70.9 Å². The first-order chi connectivity index (χ1) is 37.8. The summed E-state index contributed by atoms with van der Waals surface area (Å²) in [4.78, 5) is 166. The van der Waals surface area contributed by atoms with Gasteiger partial charge in [0.2, 0.25) is 70.9 Å². The summed E-state index contributed by atoms with van der Waals surface area (Å²) in [7, 11) is 0. The van der Waals surface area contributed by atoms with E-state index in [4.69, 9.17) is 5.73 Å². The lowest BCUT2D eigenvalue weighted by molar-refractivity contribution is -0.146. The van der Waals surface area contributed by atoms with Crippen LogP contribution in [0.1, 0.15) is 175 Å². The van der Waals surface area contributed by atoms with Gasteiger partial charge in [-0.05, 0) is 116 Å². The van der Waals surface area contributed by atoms with Crippen LogP contribution in [0.2, 0.25) is 0 Å². The zero-order chi connectivity index (χ0) is 62.9. The van der Waals surface area contributed by atoms with E-state index in [0.29, 0.717) is 32.1 Å². The molecule has 0 aromatic heterocycles. The summed E-state index contributed by atoms with van der Waals surface area (Å²) in [5.74, 6) is -9.33. The molecule has 12 N–H and O–H groups in total. The molecular formula is C57H100N12O13. The van der Waals surface area contributed by atoms with Crippen molar-refractivity contribution in [1.29, 1.82) is 0 Å². The number of aliphatic hydroxyl groups is 1. The highest BCUT2D eigenvalue weighted by molar-refractivity contribution is 6.01. The van der Waals surface area contributed by atoms with E-state index in [1.54, 1.807) is 27.7 Å². The van der Waals surface area contributed by atoms with Crippen molar-refractivity contribution in [2.45, 2.75) is 240 Å². The minimum Gasteiger partial charge on any atom is -0.394 e. The van der Waals surface area contributed by atoms with Gasteiger partial charge < -0.3 is 68.5 Å². The number of rotatable bonds is 31. The van der Waals surface area contributed by atoms with Gasteiger partial charge in [0, 0.05) is 20.0 Å². The van der Waals surface area contributed by atoms with Crippen LogP contribution in [0.3, 0.4) is 0 Å². The van der Waals surface area contributed by atoms with Crippen LogP contribution in [0.15, 0.2) is 0 Å². The molecule has 2 aliphatic rings. The molecule has 0 radical (unpaired) electrons. The molecule has 0 aromatic rings. The molecule has 25 nitrogen and oxygen atoms in total. The molecule has 0 aliphatic carbocycles. The molecule has 25 heteroatoms. The molecule has 0 bridgehead atoms. The molecular weight excluding hydrogens is 1060 g/mol. The smallest absolute Gasteiger partial charge is 0.248 e. The number of nitrogens with zero attached hydrogens (tertiary/aromatic N) is 2. The lowest BCUT2D eigenvalue weighted by atomic mass is 9.94. The number of nitrogens with one attached hydrogen (secondary N) is 9. The molecule has 466 valence electrons. The van der Waals surface area contributed by atoms with Crippen LogP contribution < -0.4 is 53.6 Å². The number of hydrogen-bond acceptors (Lipinski definition) is 13. The van der Waals surface area contributed by atoms with Crippen molar-refractivity contribution in [1.82, 2.24) is 57.7 Å². The van der Waals surface area contributed by atoms with Crippen molar-refractivity contribution in [2.75, 3.05) is 19.7 Å². The van der Waals surface area contributed by atoms with Gasteiger partial charge in [-0.2, -0.15) is 0 Å². The first-order valence-electron chi connectivity index (χ1n) is 29.1. The quantitative estimate of drug-likeness (QED) is 0.0445. The Kier molecular flexibility index (Phi) is 27.4. The topological polar surface area (TPSA) is 366 Å². The van der Waals surface area contributed by atoms with Gasteiger partial charge in [-0.1, -0.05) is 75.7 Å². The van der Waals surface area contributed by atoms with E-state index >= 15 is 0 Å². The summed E-state index contributed by atoms with van der Waals surface area (Å²) in [6.07, 6.45) is 2.21. The molecule has 12 amide bonds. The molecule has 0 spiro atoms. The highest BCUT2D eigenvalue weighted by atomic mass is 16.3. The fraction of sp³-hybridized carbons (Fsp3) is 0.789. The standard InChI is InChI=1S/C57H100N12O13/c1-18-34(10)44(64-50(78)43(33(8)9)63-46(74)39(28-42(58)72)62-52(80)55(12,13)65-35(11)71)51(79)67-57(16,17)54(82)69-24-20-22-41(69)49(77)61-37(26-31(4)5)45(73)60-38(27-32(6)7)47(75)66-56(14,15)53(81)68-23-19-21-40(68)48(76)59-36(29-70)25-30(2)3/h30-34,36-41,43-44,70H,18-29H2,1-17H3,(H2,58,72)(H,59,76)(H,60,73)(H,61,77)(H,62,80)(H,63,74)(H,64,78)(H,65,71)(H,66,75)(H,67,79)/t34-,36-,37-,38-,39-,40-,41-,43-,44-/m0/s1. The van der Waals surface area contributed by atoms with E-state index in [1.807, 2.05) is 41.5 Å². The Hall–Kier alpha value is -6.40. The van der Waals surface area contributed by atoms with Gasteiger partial charge >= 0.3 is 0 Å². The summed E-state index contributed by atoms with van der Waals surface area (Å²) in [5.41, 5.74) is 0.748. The second kappa shape index (κ2) is 31.3. The monoisotopic (exact) mass is 1160 g/mol. The van der Waals surface area contributed by atoms with E-state index < -0.39 is 148 Å². The van der Waals surface area contributed by atoms with Crippen molar-refractivity contribution < 1.29 is 62.6 Å². The second-order valence-corrected chi connectivity index (χ2v) is 25.5. The van der Waals surface area contributed by atoms with Gasteiger partial charge in [0.15, 0.2) is 0 Å². The highest BCUT2D eigenvalue weighted by Gasteiger charge is 2.46. The van der Waals surface area contributed by atoms with Crippen LogP contribution >= 0.6 is 0 Å². The van der Waals surface area contributed by atoms with Crippen LogP contribution in [0, 0.1) is 29.6 Å². The summed E-state index contributed by atoms with van der Waals surface area (Å²) in [6, 6.07) is -8.75. The van der Waals surface area contributed by atoms with Crippen LogP contribution in [0.25, 0.3) is 0 Å². The van der Waals surface area contributed by atoms with Gasteiger partial charge in [0.05, 0.1) is 19.1 Å². The van der Waals surface area contributed by atoms with E-state index in [-0.39, 0.29) is 62.6 Å². The lowest BCUT2D eigenvalue weighted by Crippen LogP contribution is -2.64. The SMILES string of the molecule is CC[C@H](C)[C@H](NC(=O)[C@@H](NC(=O)[C@H](CC(N)=O)NC(=O)C(C)(C)NC(C)=O)C(C)C)C(=O)NC(C)(C)C(=O)N1CCC[C@H]1C(=O)N[C@@H](CC(C)C)C(=O)N[C@@H](CC(C)C)C(=O)NC(C)(C)C(=O)N1CCC[C@H]1C(=O)N[C@H](CO)CC(C)C. The average Bonchev–Trinajstić information content (AvgIpc) is 4.18. The minimum absolute atomic E-state index is 0.110. The van der Waals surface area contributed by atoms with E-state index in [2.05, 4.69) is 47.9 Å². The molecule has 0 unspecified atom stereocenters. The predicted molar refractivity (Wildman–Crippen MR) is 307 cm³/mol. The largest absolute Gasteiger partial charge is 0.394 e. The van der Waals surface area contributed by atoms with Crippen molar-refractivity contribution in [3.05, 3.63) is 0 Å². The van der Waals surface area contributed by atoms with Gasteiger partial charge in [-0.25, -0.2) is 0 Å². The van der Waals surface area contributed by atoms with Crippen LogP contribution in [0.4, 0.5) is 0 Å². The number of primary amides is 1. The number of hydrogen-bond donors (Lipinski definition) is 11. The molecule has 2 rings (SSSR count). The molecule has 2 saturated heterocycles. The maximum absolute atomic E-state index is 14.5. The van der Waals surface area contributed by atoms with E-state index in [1.165, 1.54) is 58.3 Å². The van der Waals surface area contributed by atoms with Crippen molar-refractivity contribution in [3.63, 3.8) is 0 Å². The number of amides is 12. The maximum atomic E-state index is 14.5. The lowest BCUT2D eigenvalue weighted by Gasteiger charge is -2.36. The molecule has 2 aliphatic heterocycles. The third kappa shape index (κ3) is 21.4. The van der Waals surface area contributed by atoms with Crippen molar-refractivity contribution in [2.24, 2.45) is 35.3 Å². The second-order valence-electron chi connectivity index (χ2n) is 25.5. The maximum Gasteiger partial charge on any atom is 0.248 e.